The molecular weight excluding hydrogens is 232 g/mol. The highest BCUT2D eigenvalue weighted by molar-refractivity contribution is 4.96. The van der Waals surface area contributed by atoms with E-state index in [0.717, 1.165) is 18.5 Å². The van der Waals surface area contributed by atoms with Gasteiger partial charge in [-0.1, -0.05) is 24.2 Å². The van der Waals surface area contributed by atoms with Gasteiger partial charge >= 0.3 is 0 Å². The molecular formula is C11H18N6O. The van der Waals surface area contributed by atoms with Gasteiger partial charge in [0, 0.05) is 12.1 Å². The van der Waals surface area contributed by atoms with Crippen LogP contribution in [0.5, 0.6) is 0 Å². The van der Waals surface area contributed by atoms with Gasteiger partial charge in [0.15, 0.2) is 5.82 Å². The molecule has 0 bridgehead atoms. The van der Waals surface area contributed by atoms with Crippen LogP contribution in [-0.2, 0) is 13.0 Å². The van der Waals surface area contributed by atoms with Gasteiger partial charge < -0.3 is 10.3 Å². The lowest BCUT2D eigenvalue weighted by atomic mass is 10.2. The van der Waals surface area contributed by atoms with Crippen molar-refractivity contribution < 1.29 is 4.52 Å². The second kappa shape index (κ2) is 5.72. The van der Waals surface area contributed by atoms with Gasteiger partial charge in [-0.3, -0.25) is 0 Å². The summed E-state index contributed by atoms with van der Waals surface area (Å²) in [6.45, 7) is 5.16. The summed E-state index contributed by atoms with van der Waals surface area (Å²) in [6.07, 6.45) is 3.65. The van der Waals surface area contributed by atoms with Crippen LogP contribution in [0.4, 0.5) is 0 Å². The number of aryl methyl sites for hydroxylation is 1. The van der Waals surface area contributed by atoms with Crippen LogP contribution < -0.4 is 5.73 Å². The Morgan fingerprint density at radius 2 is 2.28 bits per heavy atom. The molecule has 2 N–H and O–H groups in total. The molecule has 0 atom stereocenters. The summed E-state index contributed by atoms with van der Waals surface area (Å²) < 4.78 is 6.84. The lowest BCUT2D eigenvalue weighted by Crippen LogP contribution is -2.02. The molecule has 0 unspecified atom stereocenters. The average molecular weight is 250 g/mol. The molecule has 7 nitrogen and oxygen atoms in total. The number of rotatable bonds is 6. The van der Waals surface area contributed by atoms with Crippen LogP contribution in [0, 0.1) is 0 Å². The smallest absolute Gasteiger partial charge is 0.229 e. The van der Waals surface area contributed by atoms with E-state index in [1.54, 1.807) is 4.68 Å². The van der Waals surface area contributed by atoms with Crippen LogP contribution in [0.2, 0.25) is 0 Å². The van der Waals surface area contributed by atoms with E-state index in [1.807, 2.05) is 20.0 Å². The summed E-state index contributed by atoms with van der Waals surface area (Å²) >= 11 is 0. The fraction of sp³-hybridized carbons (Fsp3) is 0.636. The highest BCUT2D eigenvalue weighted by atomic mass is 16.5. The minimum Gasteiger partial charge on any atom is -0.339 e. The quantitative estimate of drug-likeness (QED) is 0.811. The molecule has 0 aliphatic carbocycles. The summed E-state index contributed by atoms with van der Waals surface area (Å²) in [5.41, 5.74) is 6.39. The zero-order valence-electron chi connectivity index (χ0n) is 10.7. The zero-order chi connectivity index (χ0) is 13.0. The molecule has 0 spiro atoms. The lowest BCUT2D eigenvalue weighted by molar-refractivity contribution is 0.359. The van der Waals surface area contributed by atoms with Gasteiger partial charge in [-0.2, -0.15) is 4.98 Å². The van der Waals surface area contributed by atoms with E-state index in [9.17, 15) is 0 Å². The summed E-state index contributed by atoms with van der Waals surface area (Å²) in [6, 6.07) is 0. The highest BCUT2D eigenvalue weighted by Crippen LogP contribution is 2.11. The van der Waals surface area contributed by atoms with Gasteiger partial charge in [-0.05, 0) is 19.4 Å². The Morgan fingerprint density at radius 3 is 2.94 bits per heavy atom. The van der Waals surface area contributed by atoms with E-state index in [0.29, 0.717) is 24.8 Å². The van der Waals surface area contributed by atoms with Crippen LogP contribution in [0.1, 0.15) is 43.6 Å². The van der Waals surface area contributed by atoms with E-state index >= 15 is 0 Å². The molecule has 0 aliphatic rings. The third-order valence-electron chi connectivity index (χ3n) is 2.50. The minimum absolute atomic E-state index is 0.238. The van der Waals surface area contributed by atoms with Crippen molar-refractivity contribution in [2.24, 2.45) is 5.73 Å². The van der Waals surface area contributed by atoms with Crippen LogP contribution >= 0.6 is 0 Å². The number of nitrogens with zero attached hydrogens (tertiary/aromatic N) is 5. The number of nitrogens with two attached hydrogens (primary N) is 1. The van der Waals surface area contributed by atoms with Crippen LogP contribution in [-0.4, -0.2) is 31.7 Å². The molecule has 0 saturated carbocycles. The first-order valence-electron chi connectivity index (χ1n) is 6.10. The van der Waals surface area contributed by atoms with Crippen molar-refractivity contribution in [2.75, 3.05) is 6.54 Å². The summed E-state index contributed by atoms with van der Waals surface area (Å²) in [5, 5.41) is 12.0. The molecule has 0 fully saturated rings. The van der Waals surface area contributed by atoms with Crippen LogP contribution in [0.3, 0.4) is 0 Å². The molecule has 2 rings (SSSR count). The van der Waals surface area contributed by atoms with Crippen molar-refractivity contribution in [1.29, 1.82) is 0 Å². The molecule has 18 heavy (non-hydrogen) atoms. The van der Waals surface area contributed by atoms with Crippen molar-refractivity contribution >= 4 is 0 Å². The monoisotopic (exact) mass is 250 g/mol. The molecule has 2 aromatic rings. The maximum atomic E-state index is 5.45. The Balaban J connectivity index is 1.97. The van der Waals surface area contributed by atoms with Crippen molar-refractivity contribution in [2.45, 2.75) is 39.2 Å². The van der Waals surface area contributed by atoms with Crippen LogP contribution in [0.15, 0.2) is 10.7 Å². The molecule has 0 amide bonds. The third-order valence-corrected chi connectivity index (χ3v) is 2.50. The Hall–Kier alpha value is -1.76. The van der Waals surface area contributed by atoms with E-state index < -0.39 is 0 Å². The largest absolute Gasteiger partial charge is 0.339 e. The molecule has 2 aromatic heterocycles. The van der Waals surface area contributed by atoms with Crippen LogP contribution in [0.25, 0.3) is 0 Å². The Kier molecular flexibility index (Phi) is 4.03. The highest BCUT2D eigenvalue weighted by Gasteiger charge is 2.10. The zero-order valence-corrected chi connectivity index (χ0v) is 10.7. The first-order valence-corrected chi connectivity index (χ1v) is 6.10. The second-order valence-corrected chi connectivity index (χ2v) is 4.50. The predicted molar refractivity (Wildman–Crippen MR) is 64.9 cm³/mol. The first kappa shape index (κ1) is 12.7. The van der Waals surface area contributed by atoms with Crippen molar-refractivity contribution in [3.63, 3.8) is 0 Å². The number of hydrogen-bond donors (Lipinski definition) is 1. The summed E-state index contributed by atoms with van der Waals surface area (Å²) in [5.74, 6) is 1.50. The standard InChI is InChI=1S/C11H18N6O/c1-8(2)11-13-10(15-18-11)7-17-6-9(14-16-17)4-3-5-12/h6,8H,3-5,7,12H2,1-2H3. The maximum absolute atomic E-state index is 5.45. The van der Waals surface area contributed by atoms with Crippen molar-refractivity contribution in [1.82, 2.24) is 25.1 Å². The topological polar surface area (TPSA) is 95.7 Å². The minimum atomic E-state index is 0.238. The number of hydrogen-bond acceptors (Lipinski definition) is 6. The average Bonchev–Trinajstić information content (AvgIpc) is 2.96. The molecule has 0 radical (unpaired) electrons. The van der Waals surface area contributed by atoms with E-state index in [-0.39, 0.29) is 5.92 Å². The third kappa shape index (κ3) is 3.13. The van der Waals surface area contributed by atoms with Crippen molar-refractivity contribution in [3.8, 4) is 0 Å². The molecule has 7 heteroatoms. The fourth-order valence-corrected chi connectivity index (χ4v) is 1.52. The SMILES string of the molecule is CC(C)c1nc(Cn2cc(CCCN)nn2)no1. The molecule has 2 heterocycles. The summed E-state index contributed by atoms with van der Waals surface area (Å²) in [4.78, 5) is 4.29. The van der Waals surface area contributed by atoms with Gasteiger partial charge in [-0.25, -0.2) is 4.68 Å². The molecule has 0 aliphatic heterocycles. The van der Waals surface area contributed by atoms with Gasteiger partial charge in [-0.15, -0.1) is 5.10 Å². The first-order chi connectivity index (χ1) is 8.69. The normalized spacial score (nSPS) is 11.3. The van der Waals surface area contributed by atoms with E-state index in [2.05, 4.69) is 20.5 Å². The molecule has 0 aromatic carbocycles. The van der Waals surface area contributed by atoms with Gasteiger partial charge in [0.2, 0.25) is 5.89 Å². The van der Waals surface area contributed by atoms with E-state index in [1.165, 1.54) is 0 Å². The predicted octanol–water partition coefficient (Wildman–Crippen LogP) is 0.724. The van der Waals surface area contributed by atoms with Gasteiger partial charge in [0.25, 0.3) is 0 Å². The Bertz CT molecular complexity index is 489. The van der Waals surface area contributed by atoms with Gasteiger partial charge in [0.05, 0.1) is 5.69 Å². The summed E-state index contributed by atoms with van der Waals surface area (Å²) in [7, 11) is 0. The Labute approximate surface area is 105 Å². The maximum Gasteiger partial charge on any atom is 0.229 e. The molecule has 98 valence electrons. The van der Waals surface area contributed by atoms with Gasteiger partial charge in [0.1, 0.15) is 6.54 Å². The second-order valence-electron chi connectivity index (χ2n) is 4.50. The van der Waals surface area contributed by atoms with Crippen molar-refractivity contribution in [3.05, 3.63) is 23.6 Å². The number of aromatic nitrogens is 5. The Morgan fingerprint density at radius 1 is 1.44 bits per heavy atom. The lowest BCUT2D eigenvalue weighted by Gasteiger charge is -1.94. The molecule has 0 saturated heterocycles. The fourth-order valence-electron chi connectivity index (χ4n) is 1.52. The van der Waals surface area contributed by atoms with E-state index in [4.69, 9.17) is 10.3 Å².